The molecule has 6 heteroatoms. The monoisotopic (exact) mass is 225 g/mol. The van der Waals surface area contributed by atoms with Crippen LogP contribution in [0.25, 0.3) is 0 Å². The highest BCUT2D eigenvalue weighted by molar-refractivity contribution is 6.46. The molecule has 0 aliphatic carbocycles. The summed E-state index contributed by atoms with van der Waals surface area (Å²) in [5.74, 6) is 0. The second-order valence-electron chi connectivity index (χ2n) is 4.43. The van der Waals surface area contributed by atoms with Crippen molar-refractivity contribution < 1.29 is 23.3 Å². The van der Waals surface area contributed by atoms with E-state index in [0.717, 1.165) is 10.9 Å². The SMILES string of the molecule is CCCCO[Si]([O-])(O)O.C[N+](C)(C)C. The van der Waals surface area contributed by atoms with Crippen molar-refractivity contribution in [2.24, 2.45) is 0 Å². The van der Waals surface area contributed by atoms with Gasteiger partial charge in [0.15, 0.2) is 0 Å². The molecule has 0 aliphatic rings. The van der Waals surface area contributed by atoms with E-state index in [9.17, 15) is 4.80 Å². The van der Waals surface area contributed by atoms with Crippen molar-refractivity contribution >= 4 is 9.05 Å². The van der Waals surface area contributed by atoms with Crippen molar-refractivity contribution in [2.45, 2.75) is 19.8 Å². The van der Waals surface area contributed by atoms with Gasteiger partial charge in [-0.2, -0.15) is 0 Å². The molecule has 0 fully saturated rings. The minimum atomic E-state index is -4.44. The molecule has 2 N–H and O–H groups in total. The van der Waals surface area contributed by atoms with Gasteiger partial charge in [-0.25, -0.2) is 0 Å². The molecular weight excluding hydrogens is 202 g/mol. The third-order valence-corrected chi connectivity index (χ3v) is 1.37. The van der Waals surface area contributed by atoms with Crippen molar-refractivity contribution in [1.29, 1.82) is 0 Å². The van der Waals surface area contributed by atoms with Crippen molar-refractivity contribution in [1.82, 2.24) is 0 Å². The third-order valence-electron chi connectivity index (χ3n) is 0.788. The van der Waals surface area contributed by atoms with Crippen LogP contribution >= 0.6 is 0 Å². The van der Waals surface area contributed by atoms with Crippen molar-refractivity contribution in [3.63, 3.8) is 0 Å². The molecule has 0 unspecified atom stereocenters. The topological polar surface area (TPSA) is 72.8 Å². The predicted octanol–water partition coefficient (Wildman–Crippen LogP) is -1.09. The van der Waals surface area contributed by atoms with Crippen LogP contribution in [-0.2, 0) is 4.43 Å². The van der Waals surface area contributed by atoms with Crippen molar-refractivity contribution in [3.8, 4) is 0 Å². The largest absolute Gasteiger partial charge is 0.794 e. The van der Waals surface area contributed by atoms with Gasteiger partial charge in [-0.05, 0) is 6.42 Å². The number of hydrogen-bond acceptors (Lipinski definition) is 4. The summed E-state index contributed by atoms with van der Waals surface area (Å²) in [6.07, 6.45) is 1.57. The van der Waals surface area contributed by atoms with E-state index in [1.165, 1.54) is 0 Å². The van der Waals surface area contributed by atoms with E-state index < -0.39 is 9.05 Å². The molecular formula is C8H23NO4Si. The zero-order chi connectivity index (χ0) is 11.8. The van der Waals surface area contributed by atoms with Crippen LogP contribution in [0.4, 0.5) is 0 Å². The minimum Gasteiger partial charge on any atom is -0.794 e. The van der Waals surface area contributed by atoms with Gasteiger partial charge in [-0.15, -0.1) is 0 Å². The van der Waals surface area contributed by atoms with Crippen LogP contribution < -0.4 is 4.80 Å². The molecule has 5 nitrogen and oxygen atoms in total. The maximum absolute atomic E-state index is 10.0. The molecule has 88 valence electrons. The van der Waals surface area contributed by atoms with E-state index >= 15 is 0 Å². The number of hydrogen-bond donors (Lipinski definition) is 2. The Kier molecular flexibility index (Phi) is 8.61. The fourth-order valence-corrected chi connectivity index (χ4v) is 0.760. The Morgan fingerprint density at radius 2 is 1.57 bits per heavy atom. The fourth-order valence-electron chi connectivity index (χ4n) is 0.349. The lowest BCUT2D eigenvalue weighted by atomic mass is 10.4. The fraction of sp³-hybridized carbons (Fsp3) is 1.00. The summed E-state index contributed by atoms with van der Waals surface area (Å²) in [6, 6.07) is 0. The van der Waals surface area contributed by atoms with Gasteiger partial charge in [0, 0.05) is 6.61 Å². The standard InChI is InChI=1S/C4H12N.C4H11O4Si/c1-5(2,3)4;1-2-3-4-8-9(5,6)7/h1-4H3;5-6H,2-4H2,1H3/q+1;-1. The Balaban J connectivity index is 0. The van der Waals surface area contributed by atoms with Gasteiger partial charge in [0.05, 0.1) is 28.2 Å². The van der Waals surface area contributed by atoms with Gasteiger partial charge in [-0.1, -0.05) is 13.3 Å². The van der Waals surface area contributed by atoms with Crippen LogP contribution in [0.1, 0.15) is 19.8 Å². The summed E-state index contributed by atoms with van der Waals surface area (Å²) in [4.78, 5) is 26.3. The van der Waals surface area contributed by atoms with Gasteiger partial charge >= 0.3 is 9.05 Å². The summed E-state index contributed by atoms with van der Waals surface area (Å²) in [6.45, 7) is 2.07. The first-order valence-electron chi connectivity index (χ1n) is 4.64. The minimum absolute atomic E-state index is 0.152. The first kappa shape index (κ1) is 16.4. The third kappa shape index (κ3) is 40.3. The quantitative estimate of drug-likeness (QED) is 0.362. The summed E-state index contributed by atoms with van der Waals surface area (Å²) in [5, 5.41) is 0. The molecule has 0 aliphatic heterocycles. The van der Waals surface area contributed by atoms with Crippen molar-refractivity contribution in [3.05, 3.63) is 0 Å². The van der Waals surface area contributed by atoms with E-state index in [1.807, 2.05) is 6.92 Å². The van der Waals surface area contributed by atoms with Crippen LogP contribution in [0.3, 0.4) is 0 Å². The first-order chi connectivity index (χ1) is 6.06. The van der Waals surface area contributed by atoms with Crippen LogP contribution in [0.2, 0.25) is 0 Å². The zero-order valence-corrected chi connectivity index (χ0v) is 10.8. The van der Waals surface area contributed by atoms with Crippen molar-refractivity contribution in [2.75, 3.05) is 34.8 Å². The molecule has 0 amide bonds. The molecule has 0 aromatic heterocycles. The maximum Gasteiger partial charge on any atom is 0.407 e. The van der Waals surface area contributed by atoms with Crippen LogP contribution in [0.5, 0.6) is 0 Å². The average molecular weight is 225 g/mol. The second-order valence-corrected chi connectivity index (χ2v) is 5.82. The normalized spacial score (nSPS) is 12.0. The molecule has 0 heterocycles. The van der Waals surface area contributed by atoms with Gasteiger partial charge in [-0.3, -0.25) is 0 Å². The number of quaternary nitrogens is 1. The lowest BCUT2D eigenvalue weighted by molar-refractivity contribution is -0.849. The van der Waals surface area contributed by atoms with Crippen LogP contribution in [0, 0.1) is 0 Å². The molecule has 0 atom stereocenters. The predicted molar refractivity (Wildman–Crippen MR) is 55.0 cm³/mol. The Bertz CT molecular complexity index is 124. The van der Waals surface area contributed by atoms with E-state index in [-0.39, 0.29) is 6.61 Å². The zero-order valence-electron chi connectivity index (χ0n) is 9.78. The lowest BCUT2D eigenvalue weighted by Gasteiger charge is -2.22. The molecule has 0 rings (SSSR count). The van der Waals surface area contributed by atoms with Gasteiger partial charge < -0.3 is 23.3 Å². The van der Waals surface area contributed by atoms with Gasteiger partial charge in [0.2, 0.25) is 0 Å². The Morgan fingerprint density at radius 1 is 1.21 bits per heavy atom. The Morgan fingerprint density at radius 3 is 1.79 bits per heavy atom. The van der Waals surface area contributed by atoms with E-state index in [2.05, 4.69) is 32.6 Å². The maximum atomic E-state index is 10.0. The molecule has 0 aromatic rings. The highest BCUT2D eigenvalue weighted by Crippen LogP contribution is 1.90. The highest BCUT2D eigenvalue weighted by Gasteiger charge is 2.11. The van der Waals surface area contributed by atoms with Crippen LogP contribution in [-0.4, -0.2) is 57.9 Å². The summed E-state index contributed by atoms with van der Waals surface area (Å²) in [7, 11) is 4.06. The molecule has 14 heavy (non-hydrogen) atoms. The molecule has 0 saturated carbocycles. The molecule has 0 radical (unpaired) electrons. The number of nitrogens with zero attached hydrogens (tertiary/aromatic N) is 1. The van der Waals surface area contributed by atoms with E-state index in [0.29, 0.717) is 6.42 Å². The lowest BCUT2D eigenvalue weighted by Crippen LogP contribution is -2.53. The molecule has 0 aromatic carbocycles. The molecule has 0 saturated heterocycles. The number of rotatable bonds is 4. The second kappa shape index (κ2) is 7.33. The van der Waals surface area contributed by atoms with E-state index in [1.54, 1.807) is 0 Å². The average Bonchev–Trinajstić information content (AvgIpc) is 1.80. The van der Waals surface area contributed by atoms with Gasteiger partial charge in [0.1, 0.15) is 0 Å². The van der Waals surface area contributed by atoms with Crippen LogP contribution in [0.15, 0.2) is 0 Å². The smallest absolute Gasteiger partial charge is 0.407 e. The van der Waals surface area contributed by atoms with Gasteiger partial charge in [0.25, 0.3) is 0 Å². The molecule has 0 bridgehead atoms. The molecule has 0 spiro atoms. The Labute approximate surface area is 87.6 Å². The first-order valence-corrected chi connectivity index (χ1v) is 6.35. The number of unbranched alkanes of at least 4 members (excludes halogenated alkanes) is 1. The summed E-state index contributed by atoms with van der Waals surface area (Å²) >= 11 is 0. The summed E-state index contributed by atoms with van der Waals surface area (Å²) in [5.41, 5.74) is 0. The highest BCUT2D eigenvalue weighted by atomic mass is 28.4. The Hall–Kier alpha value is 0.0169. The summed E-state index contributed by atoms with van der Waals surface area (Å²) < 4.78 is 5.16. The van der Waals surface area contributed by atoms with E-state index in [4.69, 9.17) is 9.59 Å².